The lowest BCUT2D eigenvalue weighted by Crippen LogP contribution is -2.32. The first-order valence-corrected chi connectivity index (χ1v) is 8.44. The van der Waals surface area contributed by atoms with E-state index in [0.29, 0.717) is 6.42 Å². The summed E-state index contributed by atoms with van der Waals surface area (Å²) in [6, 6.07) is 9.30. The largest absolute Gasteiger partial charge is 0.312 e. The van der Waals surface area contributed by atoms with E-state index >= 15 is 0 Å². The zero-order valence-electron chi connectivity index (χ0n) is 12.6. The number of amides is 1. The third kappa shape index (κ3) is 2.98. The zero-order chi connectivity index (χ0) is 14.2. The summed E-state index contributed by atoms with van der Waals surface area (Å²) in [7, 11) is 0. The molecule has 1 N–H and O–H groups in total. The fourth-order valence-corrected chi connectivity index (χ4v) is 3.58. The Balaban J connectivity index is 1.36. The van der Waals surface area contributed by atoms with Crippen LogP contribution in [0.5, 0.6) is 0 Å². The van der Waals surface area contributed by atoms with E-state index < -0.39 is 0 Å². The van der Waals surface area contributed by atoms with Crippen LogP contribution in [0, 0.1) is 11.8 Å². The van der Waals surface area contributed by atoms with Gasteiger partial charge in [-0.1, -0.05) is 12.1 Å². The molecule has 1 amide bonds. The smallest absolute Gasteiger partial charge is 0.227 e. The molecule has 0 aromatic heterocycles. The van der Waals surface area contributed by atoms with Crippen LogP contribution >= 0.6 is 0 Å². The van der Waals surface area contributed by atoms with E-state index in [9.17, 15) is 4.79 Å². The predicted molar refractivity (Wildman–Crippen MR) is 84.1 cm³/mol. The SMILES string of the molecule is O=C1CCCN1c1ccc(CNC(C2CC2)C2CC2)cc1. The molecule has 1 aromatic carbocycles. The average molecular weight is 284 g/mol. The molecule has 0 spiro atoms. The lowest BCUT2D eigenvalue weighted by molar-refractivity contribution is -0.117. The number of hydrogen-bond acceptors (Lipinski definition) is 2. The Labute approximate surface area is 126 Å². The quantitative estimate of drug-likeness (QED) is 0.870. The molecule has 3 heteroatoms. The van der Waals surface area contributed by atoms with Crippen LogP contribution in [0.4, 0.5) is 5.69 Å². The molecule has 2 aliphatic carbocycles. The fourth-order valence-electron chi connectivity index (χ4n) is 3.58. The van der Waals surface area contributed by atoms with Crippen molar-refractivity contribution in [2.75, 3.05) is 11.4 Å². The van der Waals surface area contributed by atoms with Crippen molar-refractivity contribution >= 4 is 11.6 Å². The number of benzene rings is 1. The summed E-state index contributed by atoms with van der Waals surface area (Å²) in [6.45, 7) is 1.84. The maximum absolute atomic E-state index is 11.8. The molecular weight excluding hydrogens is 260 g/mol. The van der Waals surface area contributed by atoms with Gasteiger partial charge in [-0.2, -0.15) is 0 Å². The molecule has 0 unspecified atom stereocenters. The molecule has 1 aromatic rings. The topological polar surface area (TPSA) is 32.3 Å². The Morgan fingerprint density at radius 1 is 1.10 bits per heavy atom. The maximum atomic E-state index is 11.8. The molecule has 112 valence electrons. The second-order valence-corrected chi connectivity index (χ2v) is 6.90. The summed E-state index contributed by atoms with van der Waals surface area (Å²) < 4.78 is 0. The van der Waals surface area contributed by atoms with Crippen LogP contribution in [0.1, 0.15) is 44.1 Å². The first-order chi connectivity index (χ1) is 10.3. The molecule has 0 radical (unpaired) electrons. The average Bonchev–Trinajstić information content (AvgIpc) is 3.41. The summed E-state index contributed by atoms with van der Waals surface area (Å²) in [5, 5.41) is 3.78. The second kappa shape index (κ2) is 5.45. The summed E-state index contributed by atoms with van der Waals surface area (Å²) in [4.78, 5) is 13.7. The molecule has 21 heavy (non-hydrogen) atoms. The highest BCUT2D eigenvalue weighted by Crippen LogP contribution is 2.44. The van der Waals surface area contributed by atoms with Crippen LogP contribution in [0.3, 0.4) is 0 Å². The van der Waals surface area contributed by atoms with Crippen LogP contribution in [0.15, 0.2) is 24.3 Å². The van der Waals surface area contributed by atoms with Crippen LogP contribution in [-0.4, -0.2) is 18.5 Å². The Kier molecular flexibility index (Phi) is 3.46. The lowest BCUT2D eigenvalue weighted by Gasteiger charge is -2.19. The van der Waals surface area contributed by atoms with Gasteiger partial charge in [-0.15, -0.1) is 0 Å². The number of carbonyl (C=O) groups excluding carboxylic acids is 1. The van der Waals surface area contributed by atoms with Gasteiger partial charge in [0.15, 0.2) is 0 Å². The molecule has 3 aliphatic rings. The van der Waals surface area contributed by atoms with Crippen LogP contribution in [0.2, 0.25) is 0 Å². The second-order valence-electron chi connectivity index (χ2n) is 6.90. The third-order valence-corrected chi connectivity index (χ3v) is 5.12. The standard InChI is InChI=1S/C18H24N2O/c21-17-2-1-11-20(17)16-9-3-13(4-10-16)12-19-18(14-5-6-14)15-7-8-15/h3-4,9-10,14-15,18-19H,1-2,5-8,11-12H2. The van der Waals surface area contributed by atoms with Gasteiger partial charge in [0, 0.05) is 31.2 Å². The number of nitrogens with zero attached hydrogens (tertiary/aromatic N) is 1. The van der Waals surface area contributed by atoms with Gasteiger partial charge < -0.3 is 10.2 Å². The van der Waals surface area contributed by atoms with Crippen molar-refractivity contribution in [1.29, 1.82) is 0 Å². The van der Waals surface area contributed by atoms with Crippen molar-refractivity contribution < 1.29 is 4.79 Å². The van der Waals surface area contributed by atoms with Crippen molar-refractivity contribution in [2.24, 2.45) is 11.8 Å². The molecule has 3 nitrogen and oxygen atoms in total. The molecule has 1 aliphatic heterocycles. The van der Waals surface area contributed by atoms with E-state index in [1.807, 2.05) is 4.90 Å². The minimum atomic E-state index is 0.267. The maximum Gasteiger partial charge on any atom is 0.227 e. The Bertz CT molecular complexity index is 505. The first kappa shape index (κ1) is 13.3. The monoisotopic (exact) mass is 284 g/mol. The van der Waals surface area contributed by atoms with Crippen molar-refractivity contribution in [3.63, 3.8) is 0 Å². The van der Waals surface area contributed by atoms with E-state index in [1.165, 1.54) is 31.2 Å². The Morgan fingerprint density at radius 3 is 2.29 bits per heavy atom. The summed E-state index contributed by atoms with van der Waals surface area (Å²) in [5.74, 6) is 2.15. The van der Waals surface area contributed by atoms with E-state index in [-0.39, 0.29) is 5.91 Å². The highest BCUT2D eigenvalue weighted by atomic mass is 16.2. The van der Waals surface area contributed by atoms with Gasteiger partial charge in [-0.25, -0.2) is 0 Å². The molecule has 3 fully saturated rings. The first-order valence-electron chi connectivity index (χ1n) is 8.44. The summed E-state index contributed by atoms with van der Waals surface area (Å²) in [5.41, 5.74) is 2.39. The summed E-state index contributed by atoms with van der Waals surface area (Å²) in [6.07, 6.45) is 7.38. The number of hydrogen-bond donors (Lipinski definition) is 1. The van der Waals surface area contributed by atoms with Crippen molar-refractivity contribution in [3.8, 4) is 0 Å². The van der Waals surface area contributed by atoms with Crippen LogP contribution in [-0.2, 0) is 11.3 Å². The normalized spacial score (nSPS) is 22.3. The van der Waals surface area contributed by atoms with E-state index in [2.05, 4.69) is 29.6 Å². The van der Waals surface area contributed by atoms with Gasteiger partial charge in [-0.3, -0.25) is 4.79 Å². The highest BCUT2D eigenvalue weighted by molar-refractivity contribution is 5.95. The molecule has 0 bridgehead atoms. The molecule has 0 atom stereocenters. The Morgan fingerprint density at radius 2 is 1.76 bits per heavy atom. The number of carbonyl (C=O) groups is 1. The minimum Gasteiger partial charge on any atom is -0.312 e. The van der Waals surface area contributed by atoms with Crippen LogP contribution in [0.25, 0.3) is 0 Å². The number of rotatable bonds is 6. The van der Waals surface area contributed by atoms with Crippen molar-refractivity contribution in [1.82, 2.24) is 5.32 Å². The molecule has 4 rings (SSSR count). The predicted octanol–water partition coefficient (Wildman–Crippen LogP) is 3.09. The zero-order valence-corrected chi connectivity index (χ0v) is 12.6. The van der Waals surface area contributed by atoms with E-state index in [4.69, 9.17) is 0 Å². The highest BCUT2D eigenvalue weighted by Gasteiger charge is 2.40. The number of anilines is 1. The molecule has 1 heterocycles. The molecule has 2 saturated carbocycles. The lowest BCUT2D eigenvalue weighted by atomic mass is 10.1. The van der Waals surface area contributed by atoms with Gasteiger partial charge in [0.2, 0.25) is 5.91 Å². The fraction of sp³-hybridized carbons (Fsp3) is 0.611. The third-order valence-electron chi connectivity index (χ3n) is 5.12. The van der Waals surface area contributed by atoms with Crippen molar-refractivity contribution in [3.05, 3.63) is 29.8 Å². The Hall–Kier alpha value is -1.35. The van der Waals surface area contributed by atoms with Crippen LogP contribution < -0.4 is 10.2 Å². The van der Waals surface area contributed by atoms with Gasteiger partial charge in [0.1, 0.15) is 0 Å². The van der Waals surface area contributed by atoms with Gasteiger partial charge >= 0.3 is 0 Å². The van der Waals surface area contributed by atoms with Crippen molar-refractivity contribution in [2.45, 2.75) is 51.1 Å². The van der Waals surface area contributed by atoms with E-state index in [1.54, 1.807) is 0 Å². The van der Waals surface area contributed by atoms with E-state index in [0.717, 1.165) is 43.1 Å². The van der Waals surface area contributed by atoms with Gasteiger partial charge in [-0.05, 0) is 61.6 Å². The van der Waals surface area contributed by atoms with Gasteiger partial charge in [0.05, 0.1) is 0 Å². The minimum absolute atomic E-state index is 0.267. The van der Waals surface area contributed by atoms with Gasteiger partial charge in [0.25, 0.3) is 0 Å². The molecule has 1 saturated heterocycles. The molecular formula is C18H24N2O. The number of nitrogens with one attached hydrogen (secondary N) is 1. The summed E-state index contributed by atoms with van der Waals surface area (Å²) >= 11 is 0.